The smallest absolute Gasteiger partial charge is 0.355 e. The molecule has 9 heteroatoms. The molecule has 1 heterocycles. The second kappa shape index (κ2) is 12.4. The molecule has 190 valence electrons. The van der Waals surface area contributed by atoms with E-state index in [4.69, 9.17) is 25.8 Å². The number of methoxy groups -OCH3 is 1. The van der Waals surface area contributed by atoms with Crippen LogP contribution in [0.1, 0.15) is 45.4 Å². The SMILES string of the molecule is CCCCOc1ccc(C(=O)N/N=C\c2ccc(OC(=O)c3sc4ccccc4c3Cl)c(OC)c2)cc1. The number of hydrazone groups is 1. The van der Waals surface area contributed by atoms with Gasteiger partial charge in [0.25, 0.3) is 5.91 Å². The first-order chi connectivity index (χ1) is 18.0. The van der Waals surface area contributed by atoms with E-state index >= 15 is 0 Å². The van der Waals surface area contributed by atoms with E-state index in [1.54, 1.807) is 42.5 Å². The number of fused-ring (bicyclic) bond motifs is 1. The lowest BCUT2D eigenvalue weighted by Gasteiger charge is -2.09. The number of nitrogens with zero attached hydrogens (tertiary/aromatic N) is 1. The average molecular weight is 537 g/mol. The van der Waals surface area contributed by atoms with Gasteiger partial charge < -0.3 is 14.2 Å². The fraction of sp³-hybridized carbons (Fsp3) is 0.179. The maximum Gasteiger partial charge on any atom is 0.355 e. The summed E-state index contributed by atoms with van der Waals surface area (Å²) < 4.78 is 17.5. The van der Waals surface area contributed by atoms with Crippen molar-refractivity contribution >= 4 is 51.1 Å². The topological polar surface area (TPSA) is 86.2 Å². The zero-order chi connectivity index (χ0) is 26.2. The fourth-order valence-corrected chi connectivity index (χ4v) is 4.79. The van der Waals surface area contributed by atoms with Gasteiger partial charge in [0.1, 0.15) is 10.6 Å². The van der Waals surface area contributed by atoms with Crippen molar-refractivity contribution in [3.63, 3.8) is 0 Å². The molecule has 0 fully saturated rings. The van der Waals surface area contributed by atoms with Gasteiger partial charge in [-0.2, -0.15) is 5.10 Å². The number of amides is 1. The minimum atomic E-state index is -0.569. The zero-order valence-corrected chi connectivity index (χ0v) is 21.9. The second-order valence-corrected chi connectivity index (χ2v) is 9.40. The van der Waals surface area contributed by atoms with Crippen LogP contribution in [-0.4, -0.2) is 31.8 Å². The van der Waals surface area contributed by atoms with Crippen molar-refractivity contribution in [3.8, 4) is 17.2 Å². The fourth-order valence-electron chi connectivity index (χ4n) is 3.41. The molecule has 0 aliphatic heterocycles. The van der Waals surface area contributed by atoms with Gasteiger partial charge >= 0.3 is 5.97 Å². The van der Waals surface area contributed by atoms with Gasteiger partial charge in [-0.05, 0) is 60.5 Å². The number of hydrogen-bond acceptors (Lipinski definition) is 7. The molecule has 1 aromatic heterocycles. The van der Waals surface area contributed by atoms with Crippen LogP contribution in [0.25, 0.3) is 10.1 Å². The number of carbonyl (C=O) groups excluding carboxylic acids is 2. The van der Waals surface area contributed by atoms with E-state index in [0.29, 0.717) is 33.4 Å². The average Bonchev–Trinajstić information content (AvgIpc) is 3.26. The van der Waals surface area contributed by atoms with Crippen LogP contribution >= 0.6 is 22.9 Å². The number of nitrogens with one attached hydrogen (secondary N) is 1. The van der Waals surface area contributed by atoms with Gasteiger partial charge in [-0.3, -0.25) is 4.79 Å². The van der Waals surface area contributed by atoms with Crippen LogP contribution in [-0.2, 0) is 0 Å². The highest BCUT2D eigenvalue weighted by Crippen LogP contribution is 2.37. The lowest BCUT2D eigenvalue weighted by Crippen LogP contribution is -2.17. The molecule has 0 unspecified atom stereocenters. The zero-order valence-electron chi connectivity index (χ0n) is 20.3. The molecule has 0 spiro atoms. The standard InChI is InChI=1S/C28H25ClN2O5S/c1-3-4-15-35-20-12-10-19(11-13-20)27(32)31-30-17-18-9-14-22(23(16-18)34-2)36-28(33)26-25(29)21-7-5-6-8-24(21)37-26/h5-14,16-17H,3-4,15H2,1-2H3,(H,31,32)/b30-17-. The Morgan fingerprint density at radius 2 is 1.84 bits per heavy atom. The van der Waals surface area contributed by atoms with Gasteiger partial charge in [-0.15, -0.1) is 11.3 Å². The summed E-state index contributed by atoms with van der Waals surface area (Å²) in [6.07, 6.45) is 3.50. The number of ether oxygens (including phenoxy) is 3. The third-order valence-electron chi connectivity index (χ3n) is 5.37. The van der Waals surface area contributed by atoms with Gasteiger partial charge in [0, 0.05) is 15.6 Å². The first-order valence-electron chi connectivity index (χ1n) is 11.6. The van der Waals surface area contributed by atoms with Gasteiger partial charge in [-0.25, -0.2) is 10.2 Å². The Morgan fingerprint density at radius 1 is 1.05 bits per heavy atom. The van der Waals surface area contributed by atoms with E-state index in [1.807, 2.05) is 24.3 Å². The predicted molar refractivity (Wildman–Crippen MR) is 147 cm³/mol. The van der Waals surface area contributed by atoms with E-state index in [1.165, 1.54) is 24.7 Å². The molecule has 37 heavy (non-hydrogen) atoms. The van der Waals surface area contributed by atoms with Crippen molar-refractivity contribution < 1.29 is 23.8 Å². The number of thiophene rings is 1. The van der Waals surface area contributed by atoms with E-state index < -0.39 is 5.97 Å². The molecule has 4 aromatic rings. The molecule has 0 aliphatic rings. The Balaban J connectivity index is 1.38. The molecule has 4 rings (SSSR count). The molecule has 7 nitrogen and oxygen atoms in total. The van der Waals surface area contributed by atoms with Crippen molar-refractivity contribution in [1.82, 2.24) is 5.43 Å². The molecule has 0 atom stereocenters. The molecule has 0 saturated carbocycles. The number of rotatable bonds is 10. The summed E-state index contributed by atoms with van der Waals surface area (Å²) in [5.41, 5.74) is 3.59. The highest BCUT2D eigenvalue weighted by molar-refractivity contribution is 7.21. The Morgan fingerprint density at radius 3 is 2.57 bits per heavy atom. The minimum absolute atomic E-state index is 0.239. The number of benzene rings is 3. The van der Waals surface area contributed by atoms with Crippen molar-refractivity contribution in [2.75, 3.05) is 13.7 Å². The number of hydrogen-bond donors (Lipinski definition) is 1. The third-order valence-corrected chi connectivity index (χ3v) is 7.03. The van der Waals surface area contributed by atoms with Crippen LogP contribution in [0.4, 0.5) is 0 Å². The summed E-state index contributed by atoms with van der Waals surface area (Å²) in [6.45, 7) is 2.74. The molecule has 3 aromatic carbocycles. The Labute approximate surface area is 223 Å². The minimum Gasteiger partial charge on any atom is -0.494 e. The van der Waals surface area contributed by atoms with E-state index in [0.717, 1.165) is 28.7 Å². The number of esters is 1. The van der Waals surface area contributed by atoms with Gasteiger partial charge in [-0.1, -0.05) is 43.1 Å². The summed E-state index contributed by atoms with van der Waals surface area (Å²) in [4.78, 5) is 25.5. The van der Waals surface area contributed by atoms with Crippen LogP contribution in [0.5, 0.6) is 17.2 Å². The van der Waals surface area contributed by atoms with Crippen molar-refractivity contribution in [3.05, 3.63) is 87.8 Å². The van der Waals surface area contributed by atoms with E-state index in [2.05, 4.69) is 17.5 Å². The molecule has 1 N–H and O–H groups in total. The van der Waals surface area contributed by atoms with Crippen molar-refractivity contribution in [1.29, 1.82) is 0 Å². The van der Waals surface area contributed by atoms with Crippen molar-refractivity contribution in [2.24, 2.45) is 5.10 Å². The van der Waals surface area contributed by atoms with Crippen LogP contribution in [0, 0.1) is 0 Å². The first kappa shape index (κ1) is 26.2. The maximum atomic E-state index is 12.8. The third kappa shape index (κ3) is 6.47. The first-order valence-corrected chi connectivity index (χ1v) is 12.8. The Kier molecular flexibility index (Phi) is 8.77. The highest BCUT2D eigenvalue weighted by Gasteiger charge is 2.20. The van der Waals surface area contributed by atoms with Gasteiger partial charge in [0.05, 0.1) is 25.0 Å². The van der Waals surface area contributed by atoms with E-state index in [9.17, 15) is 9.59 Å². The Hall–Kier alpha value is -3.88. The molecule has 0 saturated heterocycles. The van der Waals surface area contributed by atoms with Crippen molar-refractivity contribution in [2.45, 2.75) is 19.8 Å². The quantitative estimate of drug-likeness (QED) is 0.0798. The number of unbranched alkanes of at least 4 members (excludes halogenated alkanes) is 1. The maximum absolute atomic E-state index is 12.8. The van der Waals surface area contributed by atoms with Gasteiger partial charge in [0.2, 0.25) is 0 Å². The molecule has 1 amide bonds. The lowest BCUT2D eigenvalue weighted by molar-refractivity contribution is 0.0734. The van der Waals surface area contributed by atoms with E-state index in [-0.39, 0.29) is 11.7 Å². The monoisotopic (exact) mass is 536 g/mol. The summed E-state index contributed by atoms with van der Waals surface area (Å²) in [6, 6.07) is 19.3. The number of halogens is 1. The second-order valence-electron chi connectivity index (χ2n) is 7.97. The van der Waals surface area contributed by atoms with Crippen LogP contribution < -0.4 is 19.6 Å². The highest BCUT2D eigenvalue weighted by atomic mass is 35.5. The number of carbonyl (C=O) groups is 2. The molecular formula is C28H25ClN2O5S. The Bertz CT molecular complexity index is 1430. The normalized spacial score (nSPS) is 11.0. The summed E-state index contributed by atoms with van der Waals surface area (Å²) in [5, 5.41) is 5.18. The van der Waals surface area contributed by atoms with Gasteiger partial charge in [0.15, 0.2) is 11.5 Å². The molecular weight excluding hydrogens is 512 g/mol. The summed E-state index contributed by atoms with van der Waals surface area (Å²) >= 11 is 7.67. The summed E-state index contributed by atoms with van der Waals surface area (Å²) in [7, 11) is 1.47. The van der Waals surface area contributed by atoms with Crippen LogP contribution in [0.2, 0.25) is 5.02 Å². The largest absolute Gasteiger partial charge is 0.494 e. The molecule has 0 radical (unpaired) electrons. The van der Waals surface area contributed by atoms with Crippen LogP contribution in [0.3, 0.4) is 0 Å². The molecule has 0 bridgehead atoms. The lowest BCUT2D eigenvalue weighted by atomic mass is 10.2. The molecule has 0 aliphatic carbocycles. The predicted octanol–water partition coefficient (Wildman–Crippen LogP) is 6.73. The van der Waals surface area contributed by atoms with Crippen LogP contribution in [0.15, 0.2) is 71.8 Å². The summed E-state index contributed by atoms with van der Waals surface area (Å²) in [5.74, 6) is 0.369.